The first-order valence-corrected chi connectivity index (χ1v) is 8.02. The average molecular weight is 272 g/mol. The topological polar surface area (TPSA) is 37.3 Å². The molecule has 0 saturated heterocycles. The summed E-state index contributed by atoms with van der Waals surface area (Å²) in [6, 6.07) is 0. The quantitative estimate of drug-likeness (QED) is 0.405. The Morgan fingerprint density at radius 2 is 1.26 bits per heavy atom. The molecule has 0 aliphatic heterocycles. The second-order valence-corrected chi connectivity index (χ2v) is 6.39. The zero-order chi connectivity index (χ0) is 14.6. The van der Waals surface area contributed by atoms with Crippen LogP contribution in [0.4, 0.5) is 0 Å². The van der Waals surface area contributed by atoms with E-state index in [0.29, 0.717) is 4.48 Å². The van der Waals surface area contributed by atoms with Crippen LogP contribution in [0.5, 0.6) is 0 Å². The lowest BCUT2D eigenvalue weighted by atomic mass is 10.1. The Morgan fingerprint density at radius 1 is 0.842 bits per heavy atom. The first-order chi connectivity index (χ1) is 8.98. The number of hydrogen-bond donors (Lipinski definition) is 1. The van der Waals surface area contributed by atoms with Gasteiger partial charge >= 0.3 is 5.97 Å². The zero-order valence-electron chi connectivity index (χ0n) is 13.3. The summed E-state index contributed by atoms with van der Waals surface area (Å²) in [4.78, 5) is 10.7. The number of carboxylic acid groups (broad SMARTS) is 1. The molecule has 0 bridgehead atoms. The minimum absolute atomic E-state index is 0.234. The molecule has 0 aromatic carbocycles. The van der Waals surface area contributed by atoms with E-state index in [-0.39, 0.29) is 6.54 Å². The van der Waals surface area contributed by atoms with Gasteiger partial charge in [0.25, 0.3) is 0 Å². The molecule has 0 rings (SSSR count). The second kappa shape index (κ2) is 11.3. The van der Waals surface area contributed by atoms with Gasteiger partial charge in [-0.3, -0.25) is 0 Å². The second-order valence-electron chi connectivity index (χ2n) is 6.39. The summed E-state index contributed by atoms with van der Waals surface area (Å²) < 4.78 is 0.604. The van der Waals surface area contributed by atoms with Gasteiger partial charge in [-0.1, -0.05) is 58.3 Å². The van der Waals surface area contributed by atoms with Crippen LogP contribution in [0.1, 0.15) is 71.1 Å². The lowest BCUT2D eigenvalue weighted by Gasteiger charge is -2.27. The van der Waals surface area contributed by atoms with Crippen LogP contribution in [0, 0.1) is 0 Å². The maximum atomic E-state index is 10.7. The third kappa shape index (κ3) is 13.7. The van der Waals surface area contributed by atoms with Crippen LogP contribution in [0.3, 0.4) is 0 Å². The molecule has 0 aliphatic rings. The SMILES string of the molecule is CCCCCCCCCCCC[N+](C)(C)CC(=O)O. The highest BCUT2D eigenvalue weighted by Crippen LogP contribution is 2.11. The Bertz CT molecular complexity index is 227. The Kier molecular flexibility index (Phi) is 10.9. The molecule has 0 aliphatic carbocycles. The number of unbranched alkanes of at least 4 members (excludes halogenated alkanes) is 9. The fourth-order valence-corrected chi connectivity index (χ4v) is 2.47. The Hall–Kier alpha value is -0.570. The molecule has 0 spiro atoms. The molecule has 0 atom stereocenters. The molecule has 3 heteroatoms. The molecule has 0 aromatic rings. The number of rotatable bonds is 13. The molecule has 0 aromatic heterocycles. The van der Waals surface area contributed by atoms with E-state index < -0.39 is 5.97 Å². The normalized spacial score (nSPS) is 11.7. The van der Waals surface area contributed by atoms with Crippen molar-refractivity contribution in [3.63, 3.8) is 0 Å². The first-order valence-electron chi connectivity index (χ1n) is 8.02. The van der Waals surface area contributed by atoms with Crippen molar-refractivity contribution in [3.8, 4) is 0 Å². The van der Waals surface area contributed by atoms with E-state index in [1.165, 1.54) is 57.8 Å². The number of aliphatic carboxylic acids is 1. The van der Waals surface area contributed by atoms with Crippen molar-refractivity contribution in [1.82, 2.24) is 0 Å². The van der Waals surface area contributed by atoms with Crippen molar-refractivity contribution in [2.75, 3.05) is 27.2 Å². The van der Waals surface area contributed by atoms with Gasteiger partial charge in [0, 0.05) is 0 Å². The minimum Gasteiger partial charge on any atom is -0.477 e. The summed E-state index contributed by atoms with van der Waals surface area (Å²) in [6.07, 6.45) is 13.3. The maximum absolute atomic E-state index is 10.7. The number of hydrogen-bond acceptors (Lipinski definition) is 1. The number of quaternary nitrogens is 1. The predicted molar refractivity (Wildman–Crippen MR) is 81.3 cm³/mol. The zero-order valence-corrected chi connectivity index (χ0v) is 13.3. The van der Waals surface area contributed by atoms with Gasteiger partial charge in [-0.25, -0.2) is 4.79 Å². The molecule has 0 unspecified atom stereocenters. The van der Waals surface area contributed by atoms with Gasteiger partial charge in [-0.2, -0.15) is 0 Å². The fraction of sp³-hybridized carbons (Fsp3) is 0.938. The largest absolute Gasteiger partial charge is 0.477 e. The molecule has 0 amide bonds. The lowest BCUT2D eigenvalue weighted by molar-refractivity contribution is -0.883. The van der Waals surface area contributed by atoms with Gasteiger partial charge in [0.2, 0.25) is 0 Å². The summed E-state index contributed by atoms with van der Waals surface area (Å²) >= 11 is 0. The monoisotopic (exact) mass is 272 g/mol. The first kappa shape index (κ1) is 18.4. The molecular weight excluding hydrogens is 238 g/mol. The molecule has 19 heavy (non-hydrogen) atoms. The van der Waals surface area contributed by atoms with E-state index in [4.69, 9.17) is 5.11 Å². The van der Waals surface area contributed by atoms with Gasteiger partial charge in [0.15, 0.2) is 6.54 Å². The van der Waals surface area contributed by atoms with Crippen LogP contribution >= 0.6 is 0 Å². The van der Waals surface area contributed by atoms with Crippen molar-refractivity contribution in [1.29, 1.82) is 0 Å². The molecule has 0 heterocycles. The highest BCUT2D eigenvalue weighted by atomic mass is 16.4. The van der Waals surface area contributed by atoms with Gasteiger partial charge < -0.3 is 9.59 Å². The van der Waals surface area contributed by atoms with Gasteiger partial charge in [0.05, 0.1) is 20.6 Å². The number of carbonyl (C=O) groups is 1. The van der Waals surface area contributed by atoms with E-state index in [9.17, 15) is 4.79 Å². The van der Waals surface area contributed by atoms with Crippen LogP contribution in [0.2, 0.25) is 0 Å². The van der Waals surface area contributed by atoms with E-state index in [1.807, 2.05) is 14.1 Å². The van der Waals surface area contributed by atoms with Crippen molar-refractivity contribution < 1.29 is 14.4 Å². The predicted octanol–water partition coefficient (Wildman–Crippen LogP) is 4.07. The number of nitrogens with zero attached hydrogens (tertiary/aromatic N) is 1. The van der Waals surface area contributed by atoms with E-state index in [1.54, 1.807) is 0 Å². The standard InChI is InChI=1S/C16H33NO2/c1-4-5-6-7-8-9-10-11-12-13-14-17(2,3)15-16(18)19/h4-15H2,1-3H3/p+1. The van der Waals surface area contributed by atoms with Crippen LogP contribution < -0.4 is 0 Å². The van der Waals surface area contributed by atoms with Crippen molar-refractivity contribution in [2.24, 2.45) is 0 Å². The third-order valence-electron chi connectivity index (χ3n) is 3.68. The molecular formula is C16H34NO2+. The Morgan fingerprint density at radius 3 is 1.68 bits per heavy atom. The highest BCUT2D eigenvalue weighted by Gasteiger charge is 2.18. The smallest absolute Gasteiger partial charge is 0.359 e. The van der Waals surface area contributed by atoms with Gasteiger partial charge in [-0.15, -0.1) is 0 Å². The van der Waals surface area contributed by atoms with E-state index >= 15 is 0 Å². The minimum atomic E-state index is -0.697. The fourth-order valence-electron chi connectivity index (χ4n) is 2.47. The summed E-state index contributed by atoms with van der Waals surface area (Å²) in [5.74, 6) is -0.697. The molecule has 0 radical (unpaired) electrons. The van der Waals surface area contributed by atoms with Crippen LogP contribution in [-0.2, 0) is 4.79 Å². The molecule has 1 N–H and O–H groups in total. The summed E-state index contributed by atoms with van der Waals surface area (Å²) in [5, 5.41) is 8.79. The molecule has 114 valence electrons. The Labute approximate surface area is 119 Å². The van der Waals surface area contributed by atoms with Crippen molar-refractivity contribution in [3.05, 3.63) is 0 Å². The third-order valence-corrected chi connectivity index (χ3v) is 3.68. The molecule has 0 saturated carbocycles. The summed E-state index contributed by atoms with van der Waals surface area (Å²) in [5.41, 5.74) is 0. The van der Waals surface area contributed by atoms with E-state index in [2.05, 4.69) is 6.92 Å². The number of carboxylic acids is 1. The lowest BCUT2D eigenvalue weighted by Crippen LogP contribution is -2.44. The van der Waals surface area contributed by atoms with E-state index in [0.717, 1.165) is 13.0 Å². The van der Waals surface area contributed by atoms with Crippen molar-refractivity contribution >= 4 is 5.97 Å². The maximum Gasteiger partial charge on any atom is 0.359 e. The molecule has 3 nitrogen and oxygen atoms in total. The highest BCUT2D eigenvalue weighted by molar-refractivity contribution is 5.67. The number of likely N-dealkylation sites (N-methyl/N-ethyl adjacent to an activating group) is 1. The average Bonchev–Trinajstić information content (AvgIpc) is 2.30. The van der Waals surface area contributed by atoms with Crippen molar-refractivity contribution in [2.45, 2.75) is 71.1 Å². The Balaban J connectivity index is 3.28. The molecule has 0 fully saturated rings. The van der Waals surface area contributed by atoms with Gasteiger partial charge in [-0.05, 0) is 12.8 Å². The van der Waals surface area contributed by atoms with Gasteiger partial charge in [0.1, 0.15) is 0 Å². The summed E-state index contributed by atoms with van der Waals surface area (Å²) in [7, 11) is 4.00. The van der Waals surface area contributed by atoms with Crippen LogP contribution in [0.25, 0.3) is 0 Å². The summed E-state index contributed by atoms with van der Waals surface area (Å²) in [6.45, 7) is 3.46. The van der Waals surface area contributed by atoms with Crippen LogP contribution in [-0.4, -0.2) is 42.7 Å². The van der Waals surface area contributed by atoms with Crippen LogP contribution in [0.15, 0.2) is 0 Å².